The van der Waals surface area contributed by atoms with Crippen LogP contribution in [0.2, 0.25) is 5.02 Å². The number of ether oxygens (including phenoxy) is 1. The van der Waals surface area contributed by atoms with Crippen LogP contribution in [0.4, 0.5) is 0 Å². The van der Waals surface area contributed by atoms with Crippen LogP contribution in [0.25, 0.3) is 11.0 Å². The van der Waals surface area contributed by atoms with Crippen molar-refractivity contribution in [3.8, 4) is 0 Å². The van der Waals surface area contributed by atoms with Crippen LogP contribution in [-0.2, 0) is 16.1 Å². The standard InChI is InChI=1S/C12H9ClO4/c1-7(14)16-5-8-6-17-11-3-2-9(13)4-10(11)12(8)15/h2-4,6H,5H2,1H3. The van der Waals surface area contributed by atoms with E-state index < -0.39 is 5.97 Å². The Labute approximate surface area is 102 Å². The minimum Gasteiger partial charge on any atom is -0.464 e. The fourth-order valence-corrected chi connectivity index (χ4v) is 1.59. The Kier molecular flexibility index (Phi) is 3.15. The van der Waals surface area contributed by atoms with E-state index in [-0.39, 0.29) is 17.6 Å². The predicted molar refractivity (Wildman–Crippen MR) is 63.0 cm³/mol. The highest BCUT2D eigenvalue weighted by Crippen LogP contribution is 2.17. The summed E-state index contributed by atoms with van der Waals surface area (Å²) in [7, 11) is 0. The highest BCUT2D eigenvalue weighted by Gasteiger charge is 2.08. The van der Waals surface area contributed by atoms with Gasteiger partial charge < -0.3 is 9.15 Å². The largest absolute Gasteiger partial charge is 0.464 e. The van der Waals surface area contributed by atoms with E-state index in [1.54, 1.807) is 12.1 Å². The van der Waals surface area contributed by atoms with Crippen molar-refractivity contribution < 1.29 is 13.9 Å². The molecule has 17 heavy (non-hydrogen) atoms. The van der Waals surface area contributed by atoms with Crippen molar-refractivity contribution in [2.75, 3.05) is 0 Å². The van der Waals surface area contributed by atoms with Gasteiger partial charge >= 0.3 is 5.97 Å². The van der Waals surface area contributed by atoms with E-state index in [2.05, 4.69) is 0 Å². The van der Waals surface area contributed by atoms with Gasteiger partial charge in [-0.1, -0.05) is 11.6 Å². The van der Waals surface area contributed by atoms with Crippen LogP contribution in [0.3, 0.4) is 0 Å². The van der Waals surface area contributed by atoms with Gasteiger partial charge in [-0.05, 0) is 18.2 Å². The Balaban J connectivity index is 2.49. The molecule has 1 aromatic heterocycles. The maximum atomic E-state index is 12.0. The van der Waals surface area contributed by atoms with E-state index in [9.17, 15) is 9.59 Å². The molecule has 0 aliphatic heterocycles. The van der Waals surface area contributed by atoms with Crippen molar-refractivity contribution in [1.29, 1.82) is 0 Å². The van der Waals surface area contributed by atoms with Crippen molar-refractivity contribution in [1.82, 2.24) is 0 Å². The van der Waals surface area contributed by atoms with Gasteiger partial charge in [0.25, 0.3) is 0 Å². The zero-order chi connectivity index (χ0) is 12.4. The minimum absolute atomic E-state index is 0.0971. The lowest BCUT2D eigenvalue weighted by atomic mass is 10.2. The van der Waals surface area contributed by atoms with E-state index in [0.717, 1.165) is 0 Å². The van der Waals surface area contributed by atoms with E-state index in [1.807, 2.05) is 0 Å². The van der Waals surface area contributed by atoms with Crippen LogP contribution in [0, 0.1) is 0 Å². The number of benzene rings is 1. The Bertz CT molecular complexity index is 630. The molecule has 0 N–H and O–H groups in total. The Hall–Kier alpha value is -1.81. The zero-order valence-corrected chi connectivity index (χ0v) is 9.78. The molecule has 0 amide bonds. The van der Waals surface area contributed by atoms with Crippen LogP contribution in [0.1, 0.15) is 12.5 Å². The number of fused-ring (bicyclic) bond motifs is 1. The van der Waals surface area contributed by atoms with Gasteiger partial charge in [-0.15, -0.1) is 0 Å². The molecule has 2 rings (SSSR count). The maximum Gasteiger partial charge on any atom is 0.302 e. The molecule has 5 heteroatoms. The smallest absolute Gasteiger partial charge is 0.302 e. The van der Waals surface area contributed by atoms with Gasteiger partial charge in [-0.25, -0.2) is 0 Å². The third kappa shape index (κ3) is 2.47. The van der Waals surface area contributed by atoms with Crippen LogP contribution in [0.5, 0.6) is 0 Å². The summed E-state index contributed by atoms with van der Waals surface area (Å²) in [6, 6.07) is 4.78. The fourth-order valence-electron chi connectivity index (χ4n) is 1.42. The van der Waals surface area contributed by atoms with Gasteiger partial charge in [-0.3, -0.25) is 9.59 Å². The topological polar surface area (TPSA) is 56.5 Å². The highest BCUT2D eigenvalue weighted by atomic mass is 35.5. The number of carbonyl (C=O) groups excluding carboxylic acids is 1. The average Bonchev–Trinajstić information content (AvgIpc) is 2.29. The van der Waals surface area contributed by atoms with Crippen LogP contribution in [0.15, 0.2) is 33.7 Å². The van der Waals surface area contributed by atoms with Crippen molar-refractivity contribution in [3.05, 3.63) is 45.3 Å². The van der Waals surface area contributed by atoms with E-state index >= 15 is 0 Å². The summed E-state index contributed by atoms with van der Waals surface area (Å²) in [4.78, 5) is 22.7. The third-order valence-electron chi connectivity index (χ3n) is 2.24. The molecule has 1 heterocycles. The first kappa shape index (κ1) is 11.7. The van der Waals surface area contributed by atoms with E-state index in [4.69, 9.17) is 20.8 Å². The van der Waals surface area contributed by atoms with Gasteiger partial charge in [0.2, 0.25) is 0 Å². The molecule has 0 saturated heterocycles. The quantitative estimate of drug-likeness (QED) is 0.771. The summed E-state index contributed by atoms with van der Waals surface area (Å²) in [5.41, 5.74) is 0.496. The molecule has 88 valence electrons. The summed E-state index contributed by atoms with van der Waals surface area (Å²) in [6.07, 6.45) is 1.29. The minimum atomic E-state index is -0.449. The average molecular weight is 253 g/mol. The van der Waals surface area contributed by atoms with Crippen LogP contribution in [-0.4, -0.2) is 5.97 Å². The highest BCUT2D eigenvalue weighted by molar-refractivity contribution is 6.31. The summed E-state index contributed by atoms with van der Waals surface area (Å²) >= 11 is 5.80. The van der Waals surface area contributed by atoms with Crippen LogP contribution < -0.4 is 5.43 Å². The Morgan fingerprint density at radius 2 is 2.24 bits per heavy atom. The zero-order valence-electron chi connectivity index (χ0n) is 9.03. The SMILES string of the molecule is CC(=O)OCc1coc2ccc(Cl)cc2c1=O. The molecular weight excluding hydrogens is 244 g/mol. The number of rotatable bonds is 2. The van der Waals surface area contributed by atoms with Crippen molar-refractivity contribution in [3.63, 3.8) is 0 Å². The van der Waals surface area contributed by atoms with Crippen molar-refractivity contribution in [2.24, 2.45) is 0 Å². The second-order valence-corrected chi connectivity index (χ2v) is 3.95. The molecule has 1 aromatic carbocycles. The monoisotopic (exact) mass is 252 g/mol. The predicted octanol–water partition coefficient (Wildman–Crippen LogP) is 2.51. The molecular formula is C12H9ClO4. The first-order valence-corrected chi connectivity index (χ1v) is 5.29. The normalized spacial score (nSPS) is 10.5. The Morgan fingerprint density at radius 3 is 2.94 bits per heavy atom. The maximum absolute atomic E-state index is 12.0. The van der Waals surface area contributed by atoms with Crippen molar-refractivity contribution in [2.45, 2.75) is 13.5 Å². The van der Waals surface area contributed by atoms with Crippen molar-refractivity contribution >= 4 is 28.5 Å². The number of hydrogen-bond acceptors (Lipinski definition) is 4. The van der Waals surface area contributed by atoms with Gasteiger partial charge in [0.05, 0.1) is 10.9 Å². The Morgan fingerprint density at radius 1 is 1.47 bits per heavy atom. The molecule has 0 saturated carbocycles. The lowest BCUT2D eigenvalue weighted by Gasteiger charge is -2.02. The molecule has 0 aliphatic rings. The molecule has 0 fully saturated rings. The van der Waals surface area contributed by atoms with Gasteiger partial charge in [0.15, 0.2) is 5.43 Å². The molecule has 0 atom stereocenters. The molecule has 0 aliphatic carbocycles. The van der Waals surface area contributed by atoms with Gasteiger partial charge in [0, 0.05) is 11.9 Å². The summed E-state index contributed by atoms with van der Waals surface area (Å²) < 4.78 is 10.0. The van der Waals surface area contributed by atoms with E-state index in [0.29, 0.717) is 16.0 Å². The van der Waals surface area contributed by atoms with Gasteiger partial charge in [-0.2, -0.15) is 0 Å². The number of halogens is 1. The fraction of sp³-hybridized carbons (Fsp3) is 0.167. The number of esters is 1. The second kappa shape index (κ2) is 4.59. The lowest BCUT2D eigenvalue weighted by molar-refractivity contribution is -0.142. The molecule has 0 unspecified atom stereocenters. The number of carbonyl (C=O) groups is 1. The summed E-state index contributed by atoms with van der Waals surface area (Å²) in [5, 5.41) is 0.830. The van der Waals surface area contributed by atoms with Crippen LogP contribution >= 0.6 is 11.6 Å². The molecule has 4 nitrogen and oxygen atoms in total. The molecule has 0 bridgehead atoms. The lowest BCUT2D eigenvalue weighted by Crippen LogP contribution is -2.11. The summed E-state index contributed by atoms with van der Waals surface area (Å²) in [6.45, 7) is 1.18. The first-order chi connectivity index (χ1) is 8.08. The van der Waals surface area contributed by atoms with E-state index in [1.165, 1.54) is 19.3 Å². The van der Waals surface area contributed by atoms with Gasteiger partial charge in [0.1, 0.15) is 18.5 Å². The third-order valence-corrected chi connectivity index (χ3v) is 2.47. The summed E-state index contributed by atoms with van der Waals surface area (Å²) in [5.74, 6) is -0.449. The first-order valence-electron chi connectivity index (χ1n) is 4.91. The molecule has 0 spiro atoms. The second-order valence-electron chi connectivity index (χ2n) is 3.51. The number of hydrogen-bond donors (Lipinski definition) is 0. The molecule has 0 radical (unpaired) electrons. The molecule has 2 aromatic rings.